The Kier molecular flexibility index (Phi) is 9.65. The first-order valence-electron chi connectivity index (χ1n) is 16.7. The summed E-state index contributed by atoms with van der Waals surface area (Å²) in [5, 5.41) is 66.4. The highest BCUT2D eigenvalue weighted by molar-refractivity contribution is 5.60. The molecule has 6 N–H and O–H groups in total. The van der Waals surface area contributed by atoms with Crippen LogP contribution >= 0.6 is 0 Å². The van der Waals surface area contributed by atoms with Gasteiger partial charge in [-0.15, -0.1) is 0 Å². The van der Waals surface area contributed by atoms with Crippen molar-refractivity contribution in [2.75, 3.05) is 0 Å². The van der Waals surface area contributed by atoms with Crippen molar-refractivity contribution in [2.45, 2.75) is 88.0 Å². The number of benzene rings is 5. The molecule has 6 nitrogen and oxygen atoms in total. The van der Waals surface area contributed by atoms with E-state index in [0.29, 0.717) is 53.5 Å². The Morgan fingerprint density at radius 3 is 1.00 bits per heavy atom. The third kappa shape index (κ3) is 6.78. The van der Waals surface area contributed by atoms with Crippen LogP contribution in [0.1, 0.15) is 94.6 Å². The van der Waals surface area contributed by atoms with Gasteiger partial charge in [0.25, 0.3) is 0 Å². The molecule has 0 aliphatic carbocycles. The minimum atomic E-state index is 0.0180. The van der Waals surface area contributed by atoms with E-state index in [4.69, 9.17) is 0 Å². The van der Waals surface area contributed by atoms with E-state index in [1.807, 2.05) is 97.9 Å². The van der Waals surface area contributed by atoms with E-state index in [9.17, 15) is 30.6 Å². The van der Waals surface area contributed by atoms with E-state index in [1.165, 1.54) is 0 Å². The fourth-order valence-corrected chi connectivity index (χ4v) is 7.26. The minimum Gasteiger partial charge on any atom is -0.507 e. The molecule has 0 heterocycles. The second kappa shape index (κ2) is 13.4. The molecular formula is C43H48O6. The fraction of sp³-hybridized carbons (Fsp3) is 0.302. The lowest BCUT2D eigenvalue weighted by Crippen LogP contribution is -2.04. The van der Waals surface area contributed by atoms with Gasteiger partial charge in [-0.05, 0) is 135 Å². The highest BCUT2D eigenvalue weighted by Gasteiger charge is 2.22. The predicted molar refractivity (Wildman–Crippen MR) is 196 cm³/mol. The van der Waals surface area contributed by atoms with Crippen molar-refractivity contribution in [2.24, 2.45) is 0 Å². The molecule has 0 aliphatic heterocycles. The number of phenols is 6. The molecule has 0 saturated carbocycles. The van der Waals surface area contributed by atoms with Crippen molar-refractivity contribution in [1.82, 2.24) is 0 Å². The second-order valence-electron chi connectivity index (χ2n) is 14.0. The molecule has 5 rings (SSSR count). The number of aromatic hydroxyl groups is 6. The summed E-state index contributed by atoms with van der Waals surface area (Å²) in [5.41, 5.74) is 13.2. The SMILES string of the molecule is Cc1cc(C)c(O)c(Cc2c(C)c(Cc3cc(Cc4cc(C)c(O)c(Cc5cc(C)cc(C)c5O)c4C)c(O)c(C)c3O)cc(C)c2O)c1. The van der Waals surface area contributed by atoms with Gasteiger partial charge in [0.1, 0.15) is 34.5 Å². The van der Waals surface area contributed by atoms with E-state index < -0.39 is 0 Å². The maximum atomic E-state index is 11.3. The Labute approximate surface area is 289 Å². The van der Waals surface area contributed by atoms with Crippen LogP contribution in [0, 0.1) is 62.3 Å². The highest BCUT2D eigenvalue weighted by atomic mass is 16.3. The molecule has 5 aromatic rings. The van der Waals surface area contributed by atoms with E-state index in [1.54, 1.807) is 6.92 Å². The van der Waals surface area contributed by atoms with Gasteiger partial charge in [0, 0.05) is 42.4 Å². The van der Waals surface area contributed by atoms with Gasteiger partial charge in [-0.25, -0.2) is 0 Å². The number of aryl methyl sites for hydroxylation is 6. The Balaban J connectivity index is 1.54. The smallest absolute Gasteiger partial charge is 0.125 e. The quantitative estimate of drug-likeness (QED) is 0.0988. The molecule has 49 heavy (non-hydrogen) atoms. The first kappa shape index (κ1) is 35.2. The average Bonchev–Trinajstić information content (AvgIpc) is 3.04. The third-order valence-electron chi connectivity index (χ3n) is 10.2. The summed E-state index contributed by atoms with van der Waals surface area (Å²) in [6.07, 6.45) is 1.44. The molecule has 0 unspecified atom stereocenters. The first-order chi connectivity index (χ1) is 23.0. The summed E-state index contributed by atoms with van der Waals surface area (Å²) in [7, 11) is 0. The lowest BCUT2D eigenvalue weighted by molar-refractivity contribution is 0.436. The molecule has 0 bridgehead atoms. The zero-order valence-corrected chi connectivity index (χ0v) is 30.1. The Morgan fingerprint density at radius 2 is 0.633 bits per heavy atom. The van der Waals surface area contributed by atoms with Crippen LogP contribution in [0.25, 0.3) is 0 Å². The second-order valence-corrected chi connectivity index (χ2v) is 14.0. The van der Waals surface area contributed by atoms with Crippen LogP contribution < -0.4 is 0 Å². The number of hydrogen-bond donors (Lipinski definition) is 6. The molecule has 0 radical (unpaired) electrons. The normalized spacial score (nSPS) is 11.4. The predicted octanol–water partition coefficient (Wildman–Crippen LogP) is 9.06. The lowest BCUT2D eigenvalue weighted by Gasteiger charge is -2.20. The molecule has 256 valence electrons. The molecule has 0 amide bonds. The minimum absolute atomic E-state index is 0.0180. The summed E-state index contributed by atoms with van der Waals surface area (Å²) in [5.74, 6) is 0.855. The van der Waals surface area contributed by atoms with E-state index >= 15 is 0 Å². The maximum Gasteiger partial charge on any atom is 0.125 e. The van der Waals surface area contributed by atoms with Gasteiger partial charge in [-0.3, -0.25) is 0 Å². The van der Waals surface area contributed by atoms with Gasteiger partial charge in [0.05, 0.1) is 0 Å². The molecule has 0 aromatic heterocycles. The first-order valence-corrected chi connectivity index (χ1v) is 16.7. The molecule has 0 spiro atoms. The number of hydrogen-bond acceptors (Lipinski definition) is 6. The van der Waals surface area contributed by atoms with Crippen LogP contribution in [0.15, 0.2) is 42.5 Å². The van der Waals surface area contributed by atoms with Gasteiger partial charge in [-0.1, -0.05) is 47.5 Å². The summed E-state index contributed by atoms with van der Waals surface area (Å²) in [6.45, 7) is 17.0. The van der Waals surface area contributed by atoms with Gasteiger partial charge < -0.3 is 30.6 Å². The summed E-state index contributed by atoms with van der Waals surface area (Å²) in [4.78, 5) is 0. The van der Waals surface area contributed by atoms with E-state index in [0.717, 1.165) is 66.8 Å². The summed E-state index contributed by atoms with van der Waals surface area (Å²) in [6, 6.07) is 13.4. The lowest BCUT2D eigenvalue weighted by atomic mass is 9.87. The highest BCUT2D eigenvalue weighted by Crippen LogP contribution is 2.40. The number of phenolic OH excluding ortho intramolecular Hbond substituents is 6. The van der Waals surface area contributed by atoms with E-state index in [2.05, 4.69) is 0 Å². The maximum absolute atomic E-state index is 11.3. The zero-order chi connectivity index (χ0) is 36.1. The van der Waals surface area contributed by atoms with Crippen LogP contribution in [-0.4, -0.2) is 30.6 Å². The van der Waals surface area contributed by atoms with Gasteiger partial charge in [0.2, 0.25) is 0 Å². The Hall–Kier alpha value is -5.10. The van der Waals surface area contributed by atoms with E-state index in [-0.39, 0.29) is 34.5 Å². The van der Waals surface area contributed by atoms with Crippen LogP contribution in [0.3, 0.4) is 0 Å². The van der Waals surface area contributed by atoms with Crippen molar-refractivity contribution < 1.29 is 30.6 Å². The van der Waals surface area contributed by atoms with Crippen molar-refractivity contribution in [3.05, 3.63) is 137 Å². The van der Waals surface area contributed by atoms with Crippen LogP contribution in [0.5, 0.6) is 34.5 Å². The molecule has 5 aromatic carbocycles. The molecule has 0 atom stereocenters. The van der Waals surface area contributed by atoms with Crippen LogP contribution in [-0.2, 0) is 25.7 Å². The Morgan fingerprint density at radius 1 is 0.306 bits per heavy atom. The summed E-state index contributed by atoms with van der Waals surface area (Å²) >= 11 is 0. The van der Waals surface area contributed by atoms with Gasteiger partial charge in [0.15, 0.2) is 0 Å². The van der Waals surface area contributed by atoms with Crippen molar-refractivity contribution in [3.63, 3.8) is 0 Å². The van der Waals surface area contributed by atoms with Gasteiger partial charge in [-0.2, -0.15) is 0 Å². The van der Waals surface area contributed by atoms with Crippen molar-refractivity contribution in [3.8, 4) is 34.5 Å². The standard InChI is InChI=1S/C43H48O6/c1-21-10-23(3)38(44)32(12-21)19-36-27(7)30(14-25(5)40(36)46)16-34-18-35(43(49)29(9)42(34)48)17-31-15-26(6)41(47)37(28(31)8)20-33-13-22(2)11-24(4)39(33)45/h10-15,18,44-49H,16-17,19-20H2,1-9H3. The molecule has 0 saturated heterocycles. The molecule has 0 aliphatic rings. The summed E-state index contributed by atoms with van der Waals surface area (Å²) < 4.78 is 0. The fourth-order valence-electron chi connectivity index (χ4n) is 7.26. The monoisotopic (exact) mass is 660 g/mol. The average molecular weight is 661 g/mol. The molecule has 0 fully saturated rings. The molecule has 6 heteroatoms. The van der Waals surface area contributed by atoms with Crippen molar-refractivity contribution in [1.29, 1.82) is 0 Å². The van der Waals surface area contributed by atoms with Gasteiger partial charge >= 0.3 is 0 Å². The Bertz CT molecular complexity index is 1970. The zero-order valence-electron chi connectivity index (χ0n) is 30.1. The number of rotatable bonds is 8. The van der Waals surface area contributed by atoms with Crippen molar-refractivity contribution >= 4 is 0 Å². The topological polar surface area (TPSA) is 121 Å². The largest absolute Gasteiger partial charge is 0.507 e. The molecular weight excluding hydrogens is 612 g/mol. The third-order valence-corrected chi connectivity index (χ3v) is 10.2. The van der Waals surface area contributed by atoms with Crippen LogP contribution in [0.2, 0.25) is 0 Å². The van der Waals surface area contributed by atoms with Crippen LogP contribution in [0.4, 0.5) is 0 Å².